The molecule has 1 aromatic carbocycles. The Labute approximate surface area is 130 Å². The van der Waals surface area contributed by atoms with Crippen molar-refractivity contribution in [1.82, 2.24) is 5.43 Å². The Balaban J connectivity index is 2.40. The molecule has 0 aliphatic carbocycles. The van der Waals surface area contributed by atoms with Crippen molar-refractivity contribution < 1.29 is 0 Å². The minimum atomic E-state index is 0.182. The van der Waals surface area contributed by atoms with Crippen LogP contribution in [0.4, 0.5) is 0 Å². The number of benzene rings is 1. The summed E-state index contributed by atoms with van der Waals surface area (Å²) in [4.78, 5) is 0. The smallest absolute Gasteiger partial charge is 0.0460 e. The zero-order valence-corrected chi connectivity index (χ0v) is 13.9. The molecule has 19 heavy (non-hydrogen) atoms. The van der Waals surface area contributed by atoms with Crippen molar-refractivity contribution >= 4 is 27.5 Å². The first-order chi connectivity index (χ1) is 9.17. The van der Waals surface area contributed by atoms with Gasteiger partial charge in [0.15, 0.2) is 0 Å². The van der Waals surface area contributed by atoms with E-state index < -0.39 is 0 Å². The third-order valence-electron chi connectivity index (χ3n) is 3.33. The molecule has 1 atom stereocenters. The van der Waals surface area contributed by atoms with E-state index in [9.17, 15) is 0 Å². The fourth-order valence-corrected chi connectivity index (χ4v) is 3.14. The molecule has 0 saturated heterocycles. The number of hydrogen-bond acceptors (Lipinski definition) is 2. The summed E-state index contributed by atoms with van der Waals surface area (Å²) < 4.78 is 0.998. The lowest BCUT2D eigenvalue weighted by Gasteiger charge is -2.17. The van der Waals surface area contributed by atoms with E-state index in [1.165, 1.54) is 38.5 Å². The Kier molecular flexibility index (Phi) is 8.71. The third-order valence-corrected chi connectivity index (χ3v) is 4.01. The zero-order chi connectivity index (χ0) is 14.1. The van der Waals surface area contributed by atoms with Crippen LogP contribution in [0, 0.1) is 0 Å². The average Bonchev–Trinajstić information content (AvgIpc) is 2.37. The number of nitrogens with two attached hydrogens (primary N) is 1. The van der Waals surface area contributed by atoms with E-state index >= 15 is 0 Å². The Hall–Kier alpha value is -0.0900. The van der Waals surface area contributed by atoms with Gasteiger partial charge in [0, 0.05) is 15.5 Å². The molecule has 0 bridgehead atoms. The first-order valence-electron chi connectivity index (χ1n) is 7.09. The van der Waals surface area contributed by atoms with Crippen molar-refractivity contribution in [3.8, 4) is 0 Å². The summed E-state index contributed by atoms with van der Waals surface area (Å²) in [5.74, 6) is 5.66. The molecule has 1 aromatic rings. The first-order valence-corrected chi connectivity index (χ1v) is 8.26. The highest BCUT2D eigenvalue weighted by molar-refractivity contribution is 9.10. The number of nitrogens with one attached hydrogen (secondary N) is 1. The summed E-state index contributed by atoms with van der Waals surface area (Å²) in [5, 5.41) is 0.743. The fraction of sp³-hybridized carbons (Fsp3) is 0.600. The number of hydrogen-bond donors (Lipinski definition) is 2. The van der Waals surface area contributed by atoms with E-state index in [1.807, 2.05) is 12.1 Å². The lowest BCUT2D eigenvalue weighted by Crippen LogP contribution is -2.28. The molecule has 3 N–H and O–H groups in total. The zero-order valence-electron chi connectivity index (χ0n) is 11.6. The van der Waals surface area contributed by atoms with Gasteiger partial charge in [-0.2, -0.15) is 0 Å². The van der Waals surface area contributed by atoms with Crippen LogP contribution < -0.4 is 11.3 Å². The number of hydrazine groups is 1. The van der Waals surface area contributed by atoms with E-state index in [4.69, 9.17) is 17.4 Å². The van der Waals surface area contributed by atoms with Crippen molar-refractivity contribution in [1.29, 1.82) is 0 Å². The molecule has 0 saturated carbocycles. The lowest BCUT2D eigenvalue weighted by molar-refractivity contribution is 0.477. The summed E-state index contributed by atoms with van der Waals surface area (Å²) in [5.41, 5.74) is 4.04. The topological polar surface area (TPSA) is 38.0 Å². The van der Waals surface area contributed by atoms with Gasteiger partial charge in [0.05, 0.1) is 0 Å². The molecule has 4 heteroatoms. The van der Waals surface area contributed by atoms with Gasteiger partial charge in [0.1, 0.15) is 0 Å². The van der Waals surface area contributed by atoms with Gasteiger partial charge in [-0.3, -0.25) is 11.3 Å². The van der Waals surface area contributed by atoms with Gasteiger partial charge < -0.3 is 0 Å². The maximum absolute atomic E-state index is 6.07. The van der Waals surface area contributed by atoms with Crippen molar-refractivity contribution in [2.75, 3.05) is 0 Å². The summed E-state index contributed by atoms with van der Waals surface area (Å²) >= 11 is 9.54. The van der Waals surface area contributed by atoms with E-state index in [1.54, 1.807) is 0 Å². The van der Waals surface area contributed by atoms with Crippen LogP contribution in [0.1, 0.15) is 63.5 Å². The van der Waals surface area contributed by atoms with E-state index in [2.05, 4.69) is 34.3 Å². The largest absolute Gasteiger partial charge is 0.271 e. The molecule has 0 aromatic heterocycles. The van der Waals surface area contributed by atoms with Crippen LogP contribution in [0.15, 0.2) is 22.7 Å². The molecule has 1 unspecified atom stereocenters. The molecule has 0 amide bonds. The first kappa shape index (κ1) is 17.0. The van der Waals surface area contributed by atoms with Crippen molar-refractivity contribution in [3.63, 3.8) is 0 Å². The van der Waals surface area contributed by atoms with Gasteiger partial charge in [-0.25, -0.2) is 0 Å². The van der Waals surface area contributed by atoms with Gasteiger partial charge >= 0.3 is 0 Å². The minimum absolute atomic E-state index is 0.182. The Morgan fingerprint density at radius 3 is 2.47 bits per heavy atom. The summed E-state index contributed by atoms with van der Waals surface area (Å²) in [7, 11) is 0. The second-order valence-corrected chi connectivity index (χ2v) is 6.33. The molecular formula is C15H24BrClN2. The molecule has 0 aliphatic rings. The van der Waals surface area contributed by atoms with Crippen LogP contribution in [-0.4, -0.2) is 0 Å². The Morgan fingerprint density at radius 2 is 1.84 bits per heavy atom. The van der Waals surface area contributed by atoms with Crippen LogP contribution in [0.5, 0.6) is 0 Å². The van der Waals surface area contributed by atoms with Gasteiger partial charge in [0.25, 0.3) is 0 Å². The molecule has 108 valence electrons. The molecule has 0 aliphatic heterocycles. The third kappa shape index (κ3) is 6.75. The number of halogens is 2. The quantitative estimate of drug-likeness (QED) is 0.358. The van der Waals surface area contributed by atoms with Crippen molar-refractivity contribution in [2.45, 2.75) is 57.9 Å². The maximum Gasteiger partial charge on any atom is 0.0460 e. The standard InChI is InChI=1S/C15H24BrClN2/c1-2-3-4-5-6-7-8-15(19-18)12-9-13(16)11-14(17)10-12/h9-11,15,19H,2-8,18H2,1H3. The van der Waals surface area contributed by atoms with Gasteiger partial charge in [-0.1, -0.05) is 73.0 Å². The Morgan fingerprint density at radius 1 is 1.16 bits per heavy atom. The molecule has 0 radical (unpaired) electrons. The number of rotatable bonds is 9. The van der Waals surface area contributed by atoms with Crippen LogP contribution in [0.25, 0.3) is 0 Å². The molecule has 1 rings (SSSR count). The molecule has 0 spiro atoms. The SMILES string of the molecule is CCCCCCCCC(NN)c1cc(Cl)cc(Br)c1. The van der Waals surface area contributed by atoms with Crippen LogP contribution in [0.2, 0.25) is 5.02 Å². The highest BCUT2D eigenvalue weighted by Gasteiger charge is 2.10. The van der Waals surface area contributed by atoms with E-state index in [-0.39, 0.29) is 6.04 Å². The van der Waals surface area contributed by atoms with Crippen molar-refractivity contribution in [2.24, 2.45) is 5.84 Å². The van der Waals surface area contributed by atoms with Crippen molar-refractivity contribution in [3.05, 3.63) is 33.3 Å². The average molecular weight is 348 g/mol. The second kappa shape index (κ2) is 9.76. The molecule has 0 heterocycles. The van der Waals surface area contributed by atoms with E-state index in [0.29, 0.717) is 0 Å². The Bertz CT molecular complexity index is 351. The minimum Gasteiger partial charge on any atom is -0.271 e. The van der Waals surface area contributed by atoms with Gasteiger partial charge in [-0.15, -0.1) is 0 Å². The molecule has 0 fully saturated rings. The fourth-order valence-electron chi connectivity index (χ4n) is 2.25. The second-order valence-electron chi connectivity index (χ2n) is 4.98. The van der Waals surface area contributed by atoms with Crippen LogP contribution in [0.3, 0.4) is 0 Å². The number of unbranched alkanes of at least 4 members (excludes halogenated alkanes) is 5. The predicted octanol–water partition coefficient (Wildman–Crippen LogP) is 5.36. The summed E-state index contributed by atoms with van der Waals surface area (Å²) in [6, 6.07) is 6.13. The van der Waals surface area contributed by atoms with Gasteiger partial charge in [-0.05, 0) is 30.2 Å². The molecular weight excluding hydrogens is 324 g/mol. The summed E-state index contributed by atoms with van der Waals surface area (Å²) in [6.07, 6.45) is 8.84. The monoisotopic (exact) mass is 346 g/mol. The normalized spacial score (nSPS) is 12.6. The van der Waals surface area contributed by atoms with Gasteiger partial charge in [0.2, 0.25) is 0 Å². The van der Waals surface area contributed by atoms with Crippen LogP contribution in [-0.2, 0) is 0 Å². The molecule has 2 nitrogen and oxygen atoms in total. The maximum atomic E-state index is 6.07. The van der Waals surface area contributed by atoms with Crippen LogP contribution >= 0.6 is 27.5 Å². The lowest BCUT2D eigenvalue weighted by atomic mass is 10.00. The highest BCUT2D eigenvalue weighted by atomic mass is 79.9. The highest BCUT2D eigenvalue weighted by Crippen LogP contribution is 2.26. The predicted molar refractivity (Wildman–Crippen MR) is 87.2 cm³/mol. The van der Waals surface area contributed by atoms with E-state index in [0.717, 1.165) is 21.5 Å². The summed E-state index contributed by atoms with van der Waals surface area (Å²) in [6.45, 7) is 2.24.